The summed E-state index contributed by atoms with van der Waals surface area (Å²) in [6.45, 7) is 11.3. The zero-order chi connectivity index (χ0) is 40.5. The Morgan fingerprint density at radius 2 is 0.825 bits per heavy atom. The van der Waals surface area contributed by atoms with E-state index in [1.165, 1.54) is 28.5 Å². The van der Waals surface area contributed by atoms with Crippen LogP contribution in [0, 0.1) is 41.5 Å². The van der Waals surface area contributed by atoms with Gasteiger partial charge in [-0.3, -0.25) is 0 Å². The van der Waals surface area contributed by atoms with Gasteiger partial charge in [0, 0.05) is 17.1 Å². The molecule has 6 rings (SSSR count). The van der Waals surface area contributed by atoms with Gasteiger partial charge in [-0.05, 0) is 96.1 Å². The van der Waals surface area contributed by atoms with Crippen molar-refractivity contribution < 1.29 is 68.2 Å². The predicted molar refractivity (Wildman–Crippen MR) is 205 cm³/mol. The van der Waals surface area contributed by atoms with Gasteiger partial charge in [-0.2, -0.15) is 25.6 Å². The summed E-state index contributed by atoms with van der Waals surface area (Å²) in [5, 5.41) is 59.8. The van der Waals surface area contributed by atoms with E-state index in [9.17, 15) is 24.6 Å². The number of thiocarbonyl (C=S) groups is 2. The Kier molecular flexibility index (Phi) is 24.2. The molecule has 0 spiro atoms. The minimum absolute atomic E-state index is 0. The molecule has 6 aromatic heterocycles. The minimum Gasteiger partial charge on any atom is -0.753 e. The molecule has 0 saturated carbocycles. The van der Waals surface area contributed by atoms with Gasteiger partial charge in [-0.25, -0.2) is 33.8 Å². The van der Waals surface area contributed by atoms with Gasteiger partial charge in [0.05, 0.1) is 40.4 Å². The summed E-state index contributed by atoms with van der Waals surface area (Å²) in [4.78, 5) is 44.1. The molecule has 0 atom stereocenters. The van der Waals surface area contributed by atoms with Crippen LogP contribution >= 0.6 is 24.4 Å². The number of isothiocyanates is 2. The van der Waals surface area contributed by atoms with Crippen LogP contribution in [0.2, 0.25) is 0 Å². The molecule has 57 heavy (non-hydrogen) atoms. The van der Waals surface area contributed by atoms with Gasteiger partial charge in [-0.15, -0.1) is 0 Å². The molecule has 0 aliphatic rings. The van der Waals surface area contributed by atoms with Crippen LogP contribution in [0.5, 0.6) is 0 Å². The van der Waals surface area contributed by atoms with Crippen LogP contribution in [-0.4, -0.2) is 77.6 Å². The summed E-state index contributed by atoms with van der Waals surface area (Å²) in [7, 11) is 0. The number of carboxylic acids is 3. The number of rotatable bonds is 6. The van der Waals surface area contributed by atoms with Gasteiger partial charge in [-0.1, -0.05) is 42.6 Å². The molecule has 6 heterocycles. The molecule has 22 heteroatoms. The molecule has 302 valence electrons. The van der Waals surface area contributed by atoms with Crippen LogP contribution in [0.25, 0.3) is 28.3 Å². The number of hydrogen-bond donors (Lipinski definition) is 1. The molecule has 0 radical (unpaired) electrons. The van der Waals surface area contributed by atoms with Crippen molar-refractivity contribution in [1.29, 1.82) is 0 Å². The normalized spacial score (nSPS) is 9.02. The number of carbonyl (C=O) groups is 3. The number of pyridine rings is 3. The first-order valence-corrected chi connectivity index (χ1v) is 16.1. The van der Waals surface area contributed by atoms with Gasteiger partial charge < -0.3 is 41.2 Å². The first kappa shape index (κ1) is 53.1. The fourth-order valence-electron chi connectivity index (χ4n) is 4.55. The zero-order valence-electron chi connectivity index (χ0n) is 30.9. The zero-order valence-corrected chi connectivity index (χ0v) is 34.5. The Morgan fingerprint density at radius 1 is 0.579 bits per heavy atom. The van der Waals surface area contributed by atoms with Gasteiger partial charge in [0.15, 0.2) is 23.1 Å². The fraction of sp³-hybridized carbons (Fsp3) is 0.171. The van der Waals surface area contributed by atoms with Crippen molar-refractivity contribution in [1.82, 2.24) is 44.3 Å². The Bertz CT molecular complexity index is 2090. The maximum absolute atomic E-state index is 10.8. The van der Waals surface area contributed by atoms with E-state index < -0.39 is 17.9 Å². The number of carboxylic acid groups (broad SMARTS) is 3. The molecule has 0 aliphatic carbocycles. The minimum atomic E-state index is -1.29. The van der Waals surface area contributed by atoms with Crippen molar-refractivity contribution in [3.63, 3.8) is 0 Å². The van der Waals surface area contributed by atoms with Crippen molar-refractivity contribution in [2.45, 2.75) is 41.5 Å². The van der Waals surface area contributed by atoms with Crippen molar-refractivity contribution in [3.8, 4) is 17.5 Å². The summed E-state index contributed by atoms with van der Waals surface area (Å²) in [5.41, 5.74) is 5.16. The number of aromatic carboxylic acids is 3. The third-order valence-electron chi connectivity index (χ3n) is 6.52. The van der Waals surface area contributed by atoms with E-state index in [4.69, 9.17) is 15.9 Å². The van der Waals surface area contributed by atoms with Crippen LogP contribution in [0.4, 0.5) is 0 Å². The molecule has 4 N–H and O–H groups in total. The number of carbonyl (C=O) groups excluding carboxylic acids is 2. The smallest absolute Gasteiger partial charge is 0.753 e. The van der Waals surface area contributed by atoms with Gasteiger partial charge in [0.2, 0.25) is 0 Å². The number of hydrogen-bond acceptors (Lipinski definition) is 13. The summed E-state index contributed by atoms with van der Waals surface area (Å²) in [6.07, 6.45) is 0. The number of aryl methyl sites for hydroxylation is 6. The topological polar surface area (TPSA) is 287 Å². The average molecular weight is 902 g/mol. The van der Waals surface area contributed by atoms with Gasteiger partial charge in [0.25, 0.3) is 0 Å². The molecule has 0 aromatic carbocycles. The van der Waals surface area contributed by atoms with E-state index in [0.717, 1.165) is 34.2 Å². The van der Waals surface area contributed by atoms with E-state index in [1.807, 2.05) is 59.7 Å². The molecule has 0 fully saturated rings. The summed E-state index contributed by atoms with van der Waals surface area (Å²) in [6, 6.07) is 20.0. The number of nitrogens with zero attached hydrogens (tertiary/aromatic N) is 11. The molecule has 0 unspecified atom stereocenters. The molecule has 0 amide bonds. The fourth-order valence-corrected chi connectivity index (χ4v) is 4.55. The molecular weight excluding hydrogens is 868 g/mol. The van der Waals surface area contributed by atoms with Crippen molar-refractivity contribution in [3.05, 3.63) is 135 Å². The van der Waals surface area contributed by atoms with E-state index in [1.54, 1.807) is 50.4 Å². The maximum atomic E-state index is 10.8. The van der Waals surface area contributed by atoms with Crippen LogP contribution in [-0.2, 0) is 38.5 Å². The summed E-state index contributed by atoms with van der Waals surface area (Å²) >= 11 is 7.40. The largest absolute Gasteiger partial charge is 2.00 e. The van der Waals surface area contributed by atoms with Crippen LogP contribution < -0.4 is 10.2 Å². The van der Waals surface area contributed by atoms with Crippen LogP contribution in [0.1, 0.15) is 65.6 Å². The SMILES string of the molecule is Cc1cc(C)n(-c2cccc(C(=O)O)n2)n1.Cc1cc(C)n(-c2cccc(C(=O)[O-])n2)n1.Cc1cc(C)n(-c2cccc(C(=O)[O-])n2)n1.[N-]=C=S.[N-]=C=S.[Ni+2].[Ni+2].[OH3+]. The Labute approximate surface area is 357 Å². The van der Waals surface area contributed by atoms with Crippen molar-refractivity contribution >= 4 is 52.7 Å². The molecule has 18 nitrogen and oxygen atoms in total. The first-order valence-electron chi connectivity index (χ1n) is 15.3. The van der Waals surface area contributed by atoms with Crippen molar-refractivity contribution in [2.24, 2.45) is 0 Å². The second-order valence-corrected chi connectivity index (χ2v) is 11.1. The van der Waals surface area contributed by atoms with Gasteiger partial charge in [0.1, 0.15) is 0 Å². The molecule has 0 bridgehead atoms. The van der Waals surface area contributed by atoms with E-state index in [-0.39, 0.29) is 55.5 Å². The van der Waals surface area contributed by atoms with Gasteiger partial charge >= 0.3 is 39.0 Å². The molecule has 6 aromatic rings. The summed E-state index contributed by atoms with van der Waals surface area (Å²) < 4.78 is 4.82. The second-order valence-electron chi connectivity index (χ2n) is 10.7. The monoisotopic (exact) mass is 900 g/mol. The average Bonchev–Trinajstić information content (AvgIpc) is 3.78. The summed E-state index contributed by atoms with van der Waals surface area (Å²) in [5.74, 6) is -2.14. The Hall–Kier alpha value is -5.96. The van der Waals surface area contributed by atoms with Crippen molar-refractivity contribution in [2.75, 3.05) is 0 Å². The standard InChI is InChI=1S/3C11H11N3O2.2CNS.2Ni.H2O/c3*1-7-6-8(2)14(13-7)10-5-3-4-9(12-10)11(15)16;2*2-1-3;;;/h3*3-6H,1-2H3,(H,15,16);;;;;1H2/q;;;2*-1;2*+2;/p-1. The maximum Gasteiger partial charge on any atom is 2.00 e. The van der Waals surface area contributed by atoms with E-state index in [0.29, 0.717) is 17.5 Å². The number of aromatic nitrogens is 9. The first-order chi connectivity index (χ1) is 25.6. The predicted octanol–water partition coefficient (Wildman–Crippen LogP) is 2.47. The Balaban J connectivity index is 0. The quantitative estimate of drug-likeness (QED) is 0.109. The van der Waals surface area contributed by atoms with Crippen LogP contribution in [0.3, 0.4) is 0 Å². The van der Waals surface area contributed by atoms with E-state index >= 15 is 0 Å². The molecular formula is C35H34N11Ni2O7S2+. The third kappa shape index (κ3) is 16.3. The Morgan fingerprint density at radius 3 is 1.04 bits per heavy atom. The van der Waals surface area contributed by atoms with E-state index in [2.05, 4.69) is 54.7 Å². The third-order valence-corrected chi connectivity index (χ3v) is 6.52. The molecule has 0 saturated heterocycles. The van der Waals surface area contributed by atoms with Crippen LogP contribution in [0.15, 0.2) is 72.8 Å². The molecule has 0 aliphatic heterocycles. The second kappa shape index (κ2) is 26.0.